The van der Waals surface area contributed by atoms with Crippen molar-refractivity contribution < 1.29 is 14.6 Å². The first-order valence-corrected chi connectivity index (χ1v) is 6.51. The number of nitrogen functional groups attached to an aromatic ring is 1. The molecule has 1 fully saturated rings. The highest BCUT2D eigenvalue weighted by molar-refractivity contribution is 5.96. The highest BCUT2D eigenvalue weighted by Crippen LogP contribution is 2.35. The van der Waals surface area contributed by atoms with E-state index >= 15 is 0 Å². The van der Waals surface area contributed by atoms with Gasteiger partial charge in [-0.2, -0.15) is 0 Å². The van der Waals surface area contributed by atoms with Crippen molar-refractivity contribution in [3.63, 3.8) is 0 Å². The molecule has 102 valence electrons. The Morgan fingerprint density at radius 1 is 1.37 bits per heavy atom. The predicted octanol–water partition coefficient (Wildman–Crippen LogP) is 0.557. The van der Waals surface area contributed by atoms with E-state index in [2.05, 4.69) is 0 Å². The summed E-state index contributed by atoms with van der Waals surface area (Å²) >= 11 is 0. The molecule has 19 heavy (non-hydrogen) atoms. The highest BCUT2D eigenvalue weighted by atomic mass is 16.5. The average molecular weight is 262 g/mol. The Hall–Kier alpha value is -1.59. The number of hydrogen-bond acceptors (Lipinski definition) is 4. The van der Waals surface area contributed by atoms with E-state index in [4.69, 9.17) is 10.5 Å². The Labute approximate surface area is 112 Å². The summed E-state index contributed by atoms with van der Waals surface area (Å²) in [4.78, 5) is 13.9. The number of aliphatic hydroxyl groups excluding tert-OH is 1. The molecule has 0 bridgehead atoms. The molecular formula is C14H18N2O3. The Balaban J connectivity index is 1.90. The minimum absolute atomic E-state index is 0.0427. The molecule has 2 aliphatic rings. The minimum atomic E-state index is -0.300. The SMILES string of the molecule is Nc1ccc2c(c1)CCC(=O)N2CC1(CO)COC1. The number of fused-ring (bicyclic) bond motifs is 1. The van der Waals surface area contributed by atoms with Gasteiger partial charge in [0.05, 0.1) is 25.2 Å². The van der Waals surface area contributed by atoms with Crippen molar-refractivity contribution in [2.45, 2.75) is 12.8 Å². The second kappa shape index (κ2) is 4.51. The monoisotopic (exact) mass is 262 g/mol. The van der Waals surface area contributed by atoms with Crippen LogP contribution in [0, 0.1) is 5.41 Å². The fraction of sp³-hybridized carbons (Fsp3) is 0.500. The van der Waals surface area contributed by atoms with Crippen LogP contribution < -0.4 is 10.6 Å². The van der Waals surface area contributed by atoms with Crippen LogP contribution in [0.4, 0.5) is 11.4 Å². The smallest absolute Gasteiger partial charge is 0.227 e. The zero-order chi connectivity index (χ0) is 13.5. The van der Waals surface area contributed by atoms with Crippen LogP contribution in [0.3, 0.4) is 0 Å². The topological polar surface area (TPSA) is 75.8 Å². The molecule has 1 aromatic rings. The molecule has 2 heterocycles. The average Bonchev–Trinajstić information content (AvgIpc) is 2.36. The van der Waals surface area contributed by atoms with Crippen LogP contribution in [0.15, 0.2) is 18.2 Å². The second-order valence-corrected chi connectivity index (χ2v) is 5.52. The van der Waals surface area contributed by atoms with Crippen molar-refractivity contribution in [3.8, 4) is 0 Å². The second-order valence-electron chi connectivity index (χ2n) is 5.52. The summed E-state index contributed by atoms with van der Waals surface area (Å²) in [7, 11) is 0. The summed E-state index contributed by atoms with van der Waals surface area (Å²) < 4.78 is 5.20. The number of hydrogen-bond donors (Lipinski definition) is 2. The number of carbonyl (C=O) groups excluding carboxylic acids is 1. The predicted molar refractivity (Wildman–Crippen MR) is 71.9 cm³/mol. The molecule has 5 nitrogen and oxygen atoms in total. The Bertz CT molecular complexity index is 506. The maximum absolute atomic E-state index is 12.1. The normalized spacial score (nSPS) is 20.9. The lowest BCUT2D eigenvalue weighted by molar-refractivity contribution is -0.136. The number of nitrogens with zero attached hydrogens (tertiary/aromatic N) is 1. The van der Waals surface area contributed by atoms with Gasteiger partial charge in [0, 0.05) is 24.3 Å². The fourth-order valence-electron chi connectivity index (χ4n) is 2.71. The van der Waals surface area contributed by atoms with Gasteiger partial charge in [-0.1, -0.05) is 0 Å². The summed E-state index contributed by atoms with van der Waals surface area (Å²) in [5.41, 5.74) is 8.23. The fourth-order valence-corrected chi connectivity index (χ4v) is 2.71. The summed E-state index contributed by atoms with van der Waals surface area (Å²) in [6.07, 6.45) is 1.23. The third-order valence-corrected chi connectivity index (χ3v) is 3.95. The van der Waals surface area contributed by atoms with Gasteiger partial charge in [0.1, 0.15) is 0 Å². The maximum atomic E-state index is 12.1. The van der Waals surface area contributed by atoms with E-state index in [-0.39, 0.29) is 17.9 Å². The van der Waals surface area contributed by atoms with Crippen molar-refractivity contribution >= 4 is 17.3 Å². The maximum Gasteiger partial charge on any atom is 0.227 e. The number of ether oxygens (including phenoxy) is 1. The molecule has 0 aliphatic carbocycles. The number of nitrogens with two attached hydrogens (primary N) is 1. The molecule has 0 unspecified atom stereocenters. The molecule has 1 aromatic carbocycles. The van der Waals surface area contributed by atoms with E-state index in [0.29, 0.717) is 26.2 Å². The first-order valence-electron chi connectivity index (χ1n) is 6.51. The summed E-state index contributed by atoms with van der Waals surface area (Å²) in [5.74, 6) is 0.108. The molecule has 0 atom stereocenters. The van der Waals surface area contributed by atoms with E-state index in [9.17, 15) is 9.90 Å². The number of aryl methyl sites for hydroxylation is 1. The third-order valence-electron chi connectivity index (χ3n) is 3.95. The number of amides is 1. The van der Waals surface area contributed by atoms with Crippen LogP contribution >= 0.6 is 0 Å². The van der Waals surface area contributed by atoms with Crippen molar-refractivity contribution in [3.05, 3.63) is 23.8 Å². The van der Waals surface area contributed by atoms with Gasteiger partial charge in [-0.05, 0) is 30.2 Å². The van der Waals surface area contributed by atoms with Gasteiger partial charge in [-0.3, -0.25) is 4.79 Å². The standard InChI is InChI=1S/C14H18N2O3/c15-11-2-3-12-10(5-11)1-4-13(18)16(12)6-14(7-17)8-19-9-14/h2-3,5,17H,1,4,6-9,15H2. The van der Waals surface area contributed by atoms with Crippen molar-refractivity contribution in [1.29, 1.82) is 0 Å². The largest absolute Gasteiger partial charge is 0.399 e. The highest BCUT2D eigenvalue weighted by Gasteiger charge is 2.42. The molecule has 0 radical (unpaired) electrons. The third kappa shape index (κ3) is 2.09. The van der Waals surface area contributed by atoms with Gasteiger partial charge in [0.2, 0.25) is 5.91 Å². The number of anilines is 2. The molecule has 1 amide bonds. The number of carbonyl (C=O) groups is 1. The molecule has 2 aliphatic heterocycles. The van der Waals surface area contributed by atoms with E-state index < -0.39 is 0 Å². The van der Waals surface area contributed by atoms with Crippen molar-refractivity contribution in [2.24, 2.45) is 5.41 Å². The quantitative estimate of drug-likeness (QED) is 0.780. The summed E-state index contributed by atoms with van der Waals surface area (Å²) in [5, 5.41) is 9.51. The van der Waals surface area contributed by atoms with Gasteiger partial charge in [0.15, 0.2) is 0 Å². The van der Waals surface area contributed by atoms with E-state index in [0.717, 1.165) is 23.4 Å². The minimum Gasteiger partial charge on any atom is -0.399 e. The lowest BCUT2D eigenvalue weighted by Gasteiger charge is -2.44. The van der Waals surface area contributed by atoms with Crippen LogP contribution in [0.2, 0.25) is 0 Å². The zero-order valence-corrected chi connectivity index (χ0v) is 10.8. The lowest BCUT2D eigenvalue weighted by Crippen LogP contribution is -2.55. The Kier molecular flexibility index (Phi) is 2.95. The molecule has 0 aromatic heterocycles. The van der Waals surface area contributed by atoms with E-state index in [1.807, 2.05) is 18.2 Å². The zero-order valence-electron chi connectivity index (χ0n) is 10.8. The van der Waals surface area contributed by atoms with Crippen LogP contribution in [-0.4, -0.2) is 37.4 Å². The van der Waals surface area contributed by atoms with Crippen LogP contribution in [0.5, 0.6) is 0 Å². The number of aliphatic hydroxyl groups is 1. The Morgan fingerprint density at radius 3 is 2.79 bits per heavy atom. The van der Waals surface area contributed by atoms with Gasteiger partial charge in [-0.15, -0.1) is 0 Å². The van der Waals surface area contributed by atoms with Crippen LogP contribution in [-0.2, 0) is 16.0 Å². The van der Waals surface area contributed by atoms with Gasteiger partial charge >= 0.3 is 0 Å². The molecule has 0 saturated carbocycles. The lowest BCUT2D eigenvalue weighted by atomic mass is 9.85. The molecule has 3 rings (SSSR count). The van der Waals surface area contributed by atoms with Gasteiger partial charge < -0.3 is 20.5 Å². The molecule has 5 heteroatoms. The van der Waals surface area contributed by atoms with Crippen molar-refractivity contribution in [2.75, 3.05) is 37.0 Å². The van der Waals surface area contributed by atoms with E-state index in [1.165, 1.54) is 0 Å². The van der Waals surface area contributed by atoms with Crippen LogP contribution in [0.1, 0.15) is 12.0 Å². The molecular weight excluding hydrogens is 244 g/mol. The number of benzene rings is 1. The molecule has 1 saturated heterocycles. The first kappa shape index (κ1) is 12.4. The van der Waals surface area contributed by atoms with Gasteiger partial charge in [0.25, 0.3) is 0 Å². The molecule has 3 N–H and O–H groups in total. The number of rotatable bonds is 3. The summed E-state index contributed by atoms with van der Waals surface area (Å²) in [6, 6.07) is 5.64. The van der Waals surface area contributed by atoms with Gasteiger partial charge in [-0.25, -0.2) is 0 Å². The summed E-state index contributed by atoms with van der Waals surface area (Å²) in [6.45, 7) is 1.58. The Morgan fingerprint density at radius 2 is 2.16 bits per heavy atom. The first-order chi connectivity index (χ1) is 9.13. The van der Waals surface area contributed by atoms with Crippen LogP contribution in [0.25, 0.3) is 0 Å². The van der Waals surface area contributed by atoms with Crippen molar-refractivity contribution in [1.82, 2.24) is 0 Å². The molecule has 0 spiro atoms. The van der Waals surface area contributed by atoms with E-state index in [1.54, 1.807) is 4.90 Å².